The van der Waals surface area contributed by atoms with Gasteiger partial charge in [0.2, 0.25) is 15.9 Å². The van der Waals surface area contributed by atoms with Gasteiger partial charge in [0.15, 0.2) is 0 Å². The topological polar surface area (TPSA) is 269 Å². The van der Waals surface area contributed by atoms with E-state index < -0.39 is 111 Å². The van der Waals surface area contributed by atoms with E-state index >= 15 is 0 Å². The fourth-order valence-electron chi connectivity index (χ4n) is 23.4. The summed E-state index contributed by atoms with van der Waals surface area (Å²) in [7, 11) is -1.12. The lowest BCUT2D eigenvalue weighted by molar-refractivity contribution is -0.132. The number of rotatable bonds is 15. The Labute approximate surface area is 754 Å². The summed E-state index contributed by atoms with van der Waals surface area (Å²) in [5.41, 5.74) is 43.0. The lowest BCUT2D eigenvalue weighted by Gasteiger charge is -2.40. The van der Waals surface area contributed by atoms with E-state index in [-0.39, 0.29) is 76.2 Å². The number of fused-ring (bicyclic) bond motifs is 1. The maximum absolute atomic E-state index is 14.2. The molecule has 2 unspecified atom stereocenters. The Morgan fingerprint density at radius 3 is 1.16 bits per heavy atom. The zero-order valence-corrected chi connectivity index (χ0v) is 74.8. The Morgan fingerprint density at radius 2 is 0.738 bits per heavy atom. The third-order valence-electron chi connectivity index (χ3n) is 30.0. The molecule has 0 radical (unpaired) electrons. The number of carbonyl (C=O) groups excluding carboxylic acids is 1. The number of nitrogens with one attached hydrogen (secondary N) is 1. The highest BCUT2D eigenvalue weighted by Crippen LogP contribution is 2.47. The molecule has 130 heavy (non-hydrogen) atoms. The van der Waals surface area contributed by atoms with Crippen molar-refractivity contribution in [3.63, 3.8) is 0 Å². The maximum atomic E-state index is 14.2. The minimum Gasteiger partial charge on any atom is -0.387 e. The van der Waals surface area contributed by atoms with Gasteiger partial charge in [-0.3, -0.25) is 14.0 Å². The van der Waals surface area contributed by atoms with Gasteiger partial charge in [0, 0.05) is 259 Å². The Bertz CT molecular complexity index is 5230. The predicted octanol–water partition coefficient (Wildman–Crippen LogP) is 11.9. The van der Waals surface area contributed by atoms with Gasteiger partial charge in [0.1, 0.15) is 88.7 Å². The summed E-state index contributed by atoms with van der Waals surface area (Å²) < 4.78 is 193. The van der Waals surface area contributed by atoms with Crippen molar-refractivity contribution in [3.8, 4) is 0 Å². The van der Waals surface area contributed by atoms with E-state index in [9.17, 15) is 57.1 Å². The lowest BCUT2D eigenvalue weighted by Crippen LogP contribution is -2.51. The molecule has 2 saturated carbocycles. The van der Waals surface area contributed by atoms with Crippen LogP contribution in [0.15, 0.2) is 137 Å². The lowest BCUT2D eigenvalue weighted by atomic mass is 9.93. The summed E-state index contributed by atoms with van der Waals surface area (Å²) >= 11 is 0. The molecule has 17 aliphatic rings. The second-order valence-electron chi connectivity index (χ2n) is 38.5. The molecule has 22 rings (SSSR count). The van der Waals surface area contributed by atoms with Gasteiger partial charge in [0.05, 0.1) is 63.5 Å². The van der Waals surface area contributed by atoms with Crippen LogP contribution in [0.2, 0.25) is 0 Å². The highest BCUT2D eigenvalue weighted by atomic mass is 32.2. The number of nitrogens with zero attached hydrogens (tertiary/aromatic N) is 9. The van der Waals surface area contributed by atoms with Gasteiger partial charge in [0.25, 0.3) is 0 Å². The fraction of sp³-hybridized carbons (Fsp3) is 0.594. The molecule has 11 N–H and O–H groups in total. The number of sulfonamides is 1. The van der Waals surface area contributed by atoms with E-state index in [1.807, 2.05) is 0 Å². The molecule has 0 spiro atoms. The van der Waals surface area contributed by atoms with Gasteiger partial charge in [-0.15, -0.1) is 0 Å². The van der Waals surface area contributed by atoms with Crippen LogP contribution in [-0.4, -0.2) is 249 Å². The monoisotopic (exact) mass is 1840 g/mol. The second-order valence-corrected chi connectivity index (χ2v) is 40.4. The summed E-state index contributed by atoms with van der Waals surface area (Å²) in [5, 5.41) is 3.42. The number of likely N-dealkylation sites (tertiary alicyclic amines) is 2. The second kappa shape index (κ2) is 39.0. The van der Waals surface area contributed by atoms with E-state index in [0.29, 0.717) is 95.6 Å². The number of amides is 1. The van der Waals surface area contributed by atoms with Crippen molar-refractivity contribution < 1.29 is 80.8 Å². The molecule has 5 aromatic rings. The molecule has 0 bridgehead atoms. The molecule has 17 atom stereocenters. The average Bonchev–Trinajstić information content (AvgIpc) is 1.61. The molecule has 34 heteroatoms. The molecule has 0 aromatic heterocycles. The highest BCUT2D eigenvalue weighted by molar-refractivity contribution is 7.88. The number of hydrogen-bond acceptors (Lipinski definition) is 21. The Balaban J connectivity index is 0.000000110. The Kier molecular flexibility index (Phi) is 27.6. The van der Waals surface area contributed by atoms with E-state index in [4.69, 9.17) is 52.4 Å². The van der Waals surface area contributed by atoms with Crippen LogP contribution >= 0.6 is 0 Å². The van der Waals surface area contributed by atoms with Gasteiger partial charge in [-0.05, 0) is 173 Å². The minimum absolute atomic E-state index is 0.000111. The van der Waals surface area contributed by atoms with E-state index in [0.717, 1.165) is 214 Å². The summed E-state index contributed by atoms with van der Waals surface area (Å²) in [6.45, 7) is 12.7. The van der Waals surface area contributed by atoms with Gasteiger partial charge < -0.3 is 92.0 Å². The fourth-order valence-corrected chi connectivity index (χ4v) is 24.4. The van der Waals surface area contributed by atoms with E-state index in [1.165, 1.54) is 101 Å². The molecule has 706 valence electrons. The van der Waals surface area contributed by atoms with Crippen LogP contribution in [0.25, 0.3) is 0 Å². The van der Waals surface area contributed by atoms with Gasteiger partial charge >= 0.3 is 0 Å². The van der Waals surface area contributed by atoms with Crippen LogP contribution in [0, 0.1) is 70.0 Å². The summed E-state index contributed by atoms with van der Waals surface area (Å²) in [5.74, 6) is -2.94. The molecule has 9 fully saturated rings. The molecule has 15 heterocycles. The van der Waals surface area contributed by atoms with Crippen molar-refractivity contribution in [2.45, 2.75) is 231 Å². The van der Waals surface area contributed by atoms with Crippen molar-refractivity contribution in [2.24, 2.45) is 40.5 Å². The van der Waals surface area contributed by atoms with Crippen LogP contribution in [-0.2, 0) is 38.5 Å². The first-order valence-corrected chi connectivity index (χ1v) is 48.7. The van der Waals surface area contributed by atoms with Crippen LogP contribution in [0.4, 0.5) is 43.9 Å². The summed E-state index contributed by atoms with van der Waals surface area (Å²) in [4.78, 5) is 31.5. The first-order valence-electron chi connectivity index (χ1n) is 46.8. The molecular weight excluding hydrogens is 1710 g/mol. The Hall–Kier alpha value is -8.26. The van der Waals surface area contributed by atoms with Gasteiger partial charge in [-0.1, -0.05) is 0 Å². The molecule has 5 aromatic carbocycles. The average molecular weight is 1840 g/mol. The number of halogens is 10. The zero-order chi connectivity index (χ0) is 90.8. The first-order chi connectivity index (χ1) is 62.5. The number of hydrogen-bond donors (Lipinski definition) is 6. The molecule has 7 saturated heterocycles. The number of ether oxygens (including phenoxy) is 5. The van der Waals surface area contributed by atoms with Crippen LogP contribution < -0.4 is 34.0 Å². The first kappa shape index (κ1) is 92.2. The number of benzene rings is 5. The summed E-state index contributed by atoms with van der Waals surface area (Å²) in [6, 6.07) is 16.7. The van der Waals surface area contributed by atoms with Crippen molar-refractivity contribution in [1.82, 2.24) is 48.8 Å². The standard InChI is InChI=1S/C22H29F2N3O2.C21H27F2N3O.C18H23F2N3O3S.C18H23F2N3O.C17H21F2N3O/c23-14-3-4-17(24)16(10-14)22-18(25)11-15(12-29-22)26-7-5-20-19(26)6-8-27(20)21(28)9-13-1-2-13;22-14-3-4-17(23)16(9-14)21-18(24)10-15(12-27-21)26-8-6-19-20(26)5-7-25(19)11-13-1-2-13;1-27(24,25)23-7-5-16-17(23)4-6-22(16)12-9-15(21)18(26-10-12)13-8-11(19)2-3-14(13)20;1-22-6-4-17-16(22)5-7-23(17)12-9-15(21)18(24-10-12)13-8-11(19)2-3-14(13)20;18-10-1-2-13(19)12(7-10)17-14(20)8-11(9-23-17)22-6-4-15-16(22)3-5-21-15/h3-4,10,13,15,18-20,22H,1-2,5-9,11-12,25H2;3-4,9,13,15,18,21H,1-2,5-8,10-12,24H2;2-3,8,12,15,18H,4-7,9-10,21H2,1H3;2-3,8,12,15,18H,4-7,9-10,21H2,1H3;1-2,7,11,14,17,21H,3-6,8-9,20H2/t15-,18+,19?,20?,22-;15-,18+,21-;2*12-,15+,18-;11-,14+,17-/m11111/s1. The van der Waals surface area contributed by atoms with Crippen LogP contribution in [0.1, 0.15) is 187 Å². The highest BCUT2D eigenvalue weighted by Gasteiger charge is 2.51. The third kappa shape index (κ3) is 19.7. The van der Waals surface area contributed by atoms with Gasteiger partial charge in [-0.25, -0.2) is 52.3 Å². The van der Waals surface area contributed by atoms with Crippen molar-refractivity contribution in [2.75, 3.05) is 118 Å². The summed E-state index contributed by atoms with van der Waals surface area (Å²) in [6.07, 6.45) is 17.2. The third-order valence-corrected chi connectivity index (χ3v) is 31.2. The van der Waals surface area contributed by atoms with Crippen LogP contribution in [0.3, 0.4) is 0 Å². The smallest absolute Gasteiger partial charge is 0.232 e. The predicted molar refractivity (Wildman–Crippen MR) is 468 cm³/mol. The molecule has 2 aliphatic carbocycles. The maximum Gasteiger partial charge on any atom is 0.232 e. The SMILES string of the molecule is CN1CCC2=C1CCN2[C@H]1CO[C@H](c2cc(F)ccc2F)[C@@H](N)C1.CS(=O)(=O)N1CCC2=C1CCN2[C@H]1CO[C@H](c2cc(F)ccc2F)[C@@H](N)C1.N[C@H]1C[C@@H](N2CCC3=C2CCN3)CO[C@@H]1c1cc(F)ccc1F.N[C@H]1C[C@@H](N2CCC3=C2CCN3CC2CC2)CO[C@@H]1c1cc(F)ccc1F.N[C@H]1C[C@@H](N2CCC3C2CCN3C(=O)CC2CC2)CO[C@@H]1c1cc(F)ccc1F. The molecule has 15 aliphatic heterocycles. The van der Waals surface area contributed by atoms with Gasteiger partial charge in [-0.2, -0.15) is 0 Å². The van der Waals surface area contributed by atoms with Crippen LogP contribution in [0.5, 0.6) is 0 Å². The molecular formula is C96H123F10N15O8S. The van der Waals surface area contributed by atoms with Crippen molar-refractivity contribution >= 4 is 15.9 Å². The zero-order valence-electron chi connectivity index (χ0n) is 74.0. The largest absolute Gasteiger partial charge is 0.387 e. The number of nitrogens with two attached hydrogens (primary N) is 5. The molecule has 23 nitrogen and oxygen atoms in total. The normalized spacial score (nSPS) is 31.3. The quantitative estimate of drug-likeness (QED) is 0.0532. The van der Waals surface area contributed by atoms with Crippen molar-refractivity contribution in [1.29, 1.82) is 0 Å². The van der Waals surface area contributed by atoms with E-state index in [1.54, 1.807) is 0 Å². The molecule has 1 amide bonds. The Morgan fingerprint density at radius 1 is 0.385 bits per heavy atom. The number of carbonyl (C=O) groups is 1. The van der Waals surface area contributed by atoms with Crippen molar-refractivity contribution in [3.05, 3.63) is 223 Å². The van der Waals surface area contributed by atoms with E-state index in [2.05, 4.69) is 51.6 Å². The minimum atomic E-state index is -3.26.